The molecule has 0 spiro atoms. The van der Waals surface area contributed by atoms with Gasteiger partial charge in [0.25, 0.3) is 0 Å². The largest absolute Gasteiger partial charge is 0.508 e. The van der Waals surface area contributed by atoms with E-state index in [-0.39, 0.29) is 23.8 Å². The molecule has 2 N–H and O–H groups in total. The van der Waals surface area contributed by atoms with Crippen LogP contribution in [0.5, 0.6) is 5.75 Å². The number of phenolic OH excluding ortho intramolecular Hbond substituents is 1. The third-order valence-corrected chi connectivity index (χ3v) is 4.28. The molecule has 0 aliphatic rings. The smallest absolute Gasteiger partial charge is 0.225 e. The second kappa shape index (κ2) is 9.53. The Hall–Kier alpha value is -1.92. The molecule has 1 amide bonds. The molecule has 2 aromatic rings. The monoisotopic (exact) mass is 408 g/mol. The Morgan fingerprint density at radius 3 is 2.68 bits per heavy atom. The van der Waals surface area contributed by atoms with Gasteiger partial charge in [-0.2, -0.15) is 0 Å². The van der Waals surface area contributed by atoms with E-state index in [1.807, 2.05) is 12.1 Å². The number of nitrogens with zero attached hydrogens (tertiary/aromatic N) is 1. The molecule has 6 heteroatoms. The summed E-state index contributed by atoms with van der Waals surface area (Å²) in [5.41, 5.74) is 1.01. The minimum Gasteiger partial charge on any atom is -0.508 e. The van der Waals surface area contributed by atoms with Crippen molar-refractivity contribution >= 4 is 27.5 Å². The maximum atomic E-state index is 13.8. The normalized spacial score (nSPS) is 10.9. The predicted molar refractivity (Wildman–Crippen MR) is 101 cm³/mol. The summed E-state index contributed by atoms with van der Waals surface area (Å²) in [5.74, 6) is -0.452. The van der Waals surface area contributed by atoms with E-state index in [9.17, 15) is 14.3 Å². The number of carbonyl (C=O) groups is 1. The van der Waals surface area contributed by atoms with Crippen LogP contribution in [0.3, 0.4) is 0 Å². The molecule has 2 rings (SSSR count). The van der Waals surface area contributed by atoms with Gasteiger partial charge in [0.05, 0.1) is 5.69 Å². The van der Waals surface area contributed by atoms with Gasteiger partial charge in [-0.25, -0.2) is 4.39 Å². The highest BCUT2D eigenvalue weighted by Crippen LogP contribution is 2.20. The van der Waals surface area contributed by atoms with E-state index in [2.05, 4.69) is 33.1 Å². The zero-order valence-electron chi connectivity index (χ0n) is 14.1. The lowest BCUT2D eigenvalue weighted by molar-refractivity contribution is -0.116. The van der Waals surface area contributed by atoms with Gasteiger partial charge in [0.2, 0.25) is 5.91 Å². The highest BCUT2D eigenvalue weighted by molar-refractivity contribution is 9.10. The van der Waals surface area contributed by atoms with E-state index < -0.39 is 5.82 Å². The number of carbonyl (C=O) groups excluding carboxylic acids is 1. The molecule has 0 heterocycles. The molecule has 134 valence electrons. The maximum Gasteiger partial charge on any atom is 0.225 e. The topological polar surface area (TPSA) is 52.6 Å². The Bertz CT molecular complexity index is 724. The van der Waals surface area contributed by atoms with Crippen LogP contribution in [0.1, 0.15) is 25.3 Å². The van der Waals surface area contributed by atoms with Gasteiger partial charge in [0.15, 0.2) is 0 Å². The fourth-order valence-electron chi connectivity index (χ4n) is 2.53. The van der Waals surface area contributed by atoms with Crippen molar-refractivity contribution in [3.8, 4) is 5.75 Å². The molecule has 0 radical (unpaired) electrons. The van der Waals surface area contributed by atoms with Crippen molar-refractivity contribution in [1.82, 2.24) is 4.90 Å². The number of hydrogen-bond donors (Lipinski definition) is 2. The fraction of sp³-hybridized carbons (Fsp3) is 0.316. The number of amides is 1. The van der Waals surface area contributed by atoms with Gasteiger partial charge in [-0.1, -0.05) is 41.1 Å². The van der Waals surface area contributed by atoms with Crippen LogP contribution >= 0.6 is 15.9 Å². The number of nitrogens with one attached hydrogen (secondary N) is 1. The van der Waals surface area contributed by atoms with E-state index in [4.69, 9.17) is 0 Å². The second-order valence-electron chi connectivity index (χ2n) is 5.83. The number of benzene rings is 2. The minimum absolute atomic E-state index is 0.177. The Labute approximate surface area is 155 Å². The zero-order valence-corrected chi connectivity index (χ0v) is 15.7. The summed E-state index contributed by atoms with van der Waals surface area (Å²) in [4.78, 5) is 14.2. The molecule has 0 unspecified atom stereocenters. The summed E-state index contributed by atoms with van der Waals surface area (Å²) >= 11 is 3.19. The lowest BCUT2D eigenvalue weighted by Crippen LogP contribution is -2.28. The number of para-hydroxylation sites is 1. The van der Waals surface area contributed by atoms with Gasteiger partial charge in [-0.15, -0.1) is 0 Å². The minimum atomic E-state index is -0.470. The average Bonchev–Trinajstić information content (AvgIpc) is 2.57. The fourth-order valence-corrected chi connectivity index (χ4v) is 2.87. The van der Waals surface area contributed by atoms with Gasteiger partial charge in [0.1, 0.15) is 11.6 Å². The van der Waals surface area contributed by atoms with Gasteiger partial charge in [-0.3, -0.25) is 9.69 Å². The molecule has 2 aromatic carbocycles. The highest BCUT2D eigenvalue weighted by Gasteiger charge is 2.12. The van der Waals surface area contributed by atoms with E-state index in [0.29, 0.717) is 17.6 Å². The van der Waals surface area contributed by atoms with E-state index >= 15 is 0 Å². The Morgan fingerprint density at radius 2 is 2.00 bits per heavy atom. The molecule has 0 saturated carbocycles. The van der Waals surface area contributed by atoms with Crippen molar-refractivity contribution in [2.24, 2.45) is 0 Å². The van der Waals surface area contributed by atoms with Crippen molar-refractivity contribution in [3.05, 3.63) is 58.3 Å². The van der Waals surface area contributed by atoms with Crippen LogP contribution in [-0.2, 0) is 11.3 Å². The van der Waals surface area contributed by atoms with Crippen LogP contribution in [-0.4, -0.2) is 29.0 Å². The molecule has 0 saturated heterocycles. The van der Waals surface area contributed by atoms with Gasteiger partial charge in [-0.05, 0) is 37.2 Å². The number of anilines is 1. The lowest BCUT2D eigenvalue weighted by atomic mass is 10.1. The number of aromatic hydroxyl groups is 1. The van der Waals surface area contributed by atoms with Crippen LogP contribution < -0.4 is 5.32 Å². The molecule has 0 aliphatic heterocycles. The third-order valence-electron chi connectivity index (χ3n) is 3.79. The summed E-state index contributed by atoms with van der Waals surface area (Å²) in [6.45, 7) is 3.98. The first-order valence-corrected chi connectivity index (χ1v) is 9.03. The Balaban J connectivity index is 1.91. The maximum absolute atomic E-state index is 13.8. The Morgan fingerprint density at radius 1 is 1.24 bits per heavy atom. The zero-order chi connectivity index (χ0) is 18.2. The molecule has 0 aromatic heterocycles. The molecule has 4 nitrogen and oxygen atoms in total. The number of hydrogen-bond acceptors (Lipinski definition) is 3. The highest BCUT2D eigenvalue weighted by atomic mass is 79.9. The van der Waals surface area contributed by atoms with E-state index in [1.165, 1.54) is 12.1 Å². The second-order valence-corrected chi connectivity index (χ2v) is 6.74. The van der Waals surface area contributed by atoms with Gasteiger partial charge < -0.3 is 10.4 Å². The number of rotatable bonds is 8. The molecular formula is C19H22BrFN2O2. The molecular weight excluding hydrogens is 387 g/mol. The first kappa shape index (κ1) is 19.4. The summed E-state index contributed by atoms with van der Waals surface area (Å²) in [7, 11) is 0. The quantitative estimate of drug-likeness (QED) is 0.674. The van der Waals surface area contributed by atoms with E-state index in [1.54, 1.807) is 18.2 Å². The van der Waals surface area contributed by atoms with E-state index in [0.717, 1.165) is 18.5 Å². The Kier molecular flexibility index (Phi) is 7.40. The molecule has 0 aliphatic carbocycles. The molecule has 0 fully saturated rings. The summed E-state index contributed by atoms with van der Waals surface area (Å²) in [6, 6.07) is 11.7. The average molecular weight is 409 g/mol. The molecule has 0 atom stereocenters. The van der Waals surface area contributed by atoms with Crippen molar-refractivity contribution < 1.29 is 14.3 Å². The first-order chi connectivity index (χ1) is 12.0. The SMILES string of the molecule is CCCN(CCC(=O)Nc1ccc(Br)cc1F)Cc1ccccc1O. The number of halogens is 2. The van der Waals surface area contributed by atoms with Gasteiger partial charge in [0, 0.05) is 29.5 Å². The first-order valence-electron chi connectivity index (χ1n) is 8.23. The summed E-state index contributed by atoms with van der Waals surface area (Å²) in [5, 5.41) is 12.5. The van der Waals surface area contributed by atoms with Crippen molar-refractivity contribution in [2.45, 2.75) is 26.3 Å². The third kappa shape index (κ3) is 6.14. The van der Waals surface area contributed by atoms with Crippen LogP contribution in [0.2, 0.25) is 0 Å². The van der Waals surface area contributed by atoms with Gasteiger partial charge >= 0.3 is 0 Å². The number of phenols is 1. The van der Waals surface area contributed by atoms with Crippen LogP contribution in [0.15, 0.2) is 46.9 Å². The predicted octanol–water partition coefficient (Wildman–Crippen LogP) is 4.53. The van der Waals surface area contributed by atoms with Crippen LogP contribution in [0, 0.1) is 5.82 Å². The van der Waals surface area contributed by atoms with Crippen LogP contribution in [0.25, 0.3) is 0 Å². The molecule has 0 bridgehead atoms. The summed E-state index contributed by atoms with van der Waals surface area (Å²) < 4.78 is 14.4. The van der Waals surface area contributed by atoms with Crippen molar-refractivity contribution in [2.75, 3.05) is 18.4 Å². The van der Waals surface area contributed by atoms with Crippen molar-refractivity contribution in [3.63, 3.8) is 0 Å². The van der Waals surface area contributed by atoms with Crippen LogP contribution in [0.4, 0.5) is 10.1 Å². The lowest BCUT2D eigenvalue weighted by Gasteiger charge is -2.22. The summed E-state index contributed by atoms with van der Waals surface area (Å²) in [6.07, 6.45) is 1.19. The molecule has 25 heavy (non-hydrogen) atoms. The van der Waals surface area contributed by atoms with Crippen molar-refractivity contribution in [1.29, 1.82) is 0 Å². The standard InChI is InChI=1S/C19H22BrFN2O2/c1-2-10-23(13-14-5-3-4-6-18(14)24)11-9-19(25)22-17-8-7-15(20)12-16(17)21/h3-8,12,24H,2,9-11,13H2,1H3,(H,22,25).